The van der Waals surface area contributed by atoms with Crippen molar-refractivity contribution in [3.05, 3.63) is 0 Å². The van der Waals surface area contributed by atoms with Gasteiger partial charge in [-0.25, -0.2) is 0 Å². The number of nitrogens with zero attached hydrogens (tertiary/aromatic N) is 2. The van der Waals surface area contributed by atoms with Crippen LogP contribution in [0.3, 0.4) is 0 Å². The standard InChI is InChI=1S/C13H23N3O3/c1-9-7-10(3-5-15(9)2)16-6-4-14-13(19)11(16)8-12(17)18/h9-11H,3-8H2,1-2H3,(H,14,19)(H,17,18). The summed E-state index contributed by atoms with van der Waals surface area (Å²) in [4.78, 5) is 27.3. The Kier molecular flexibility index (Phi) is 4.42. The largest absolute Gasteiger partial charge is 0.481 e. The van der Waals surface area contributed by atoms with Crippen LogP contribution in [-0.4, -0.2) is 71.6 Å². The van der Waals surface area contributed by atoms with Crippen molar-refractivity contribution in [1.82, 2.24) is 15.1 Å². The molecule has 108 valence electrons. The molecule has 19 heavy (non-hydrogen) atoms. The molecule has 2 rings (SSSR count). The van der Waals surface area contributed by atoms with Crippen LogP contribution in [0.5, 0.6) is 0 Å². The molecule has 0 radical (unpaired) electrons. The van der Waals surface area contributed by atoms with E-state index in [4.69, 9.17) is 5.11 Å². The average molecular weight is 269 g/mol. The van der Waals surface area contributed by atoms with Crippen LogP contribution in [0.15, 0.2) is 0 Å². The lowest BCUT2D eigenvalue weighted by atomic mass is 9.94. The highest BCUT2D eigenvalue weighted by atomic mass is 16.4. The molecule has 1 amide bonds. The maximum atomic E-state index is 11.9. The second-order valence-electron chi connectivity index (χ2n) is 5.65. The van der Waals surface area contributed by atoms with E-state index in [2.05, 4.69) is 29.1 Å². The van der Waals surface area contributed by atoms with E-state index in [1.165, 1.54) is 0 Å². The fraction of sp³-hybridized carbons (Fsp3) is 0.846. The van der Waals surface area contributed by atoms with Crippen molar-refractivity contribution in [2.45, 2.75) is 44.3 Å². The number of nitrogens with one attached hydrogen (secondary N) is 1. The minimum absolute atomic E-state index is 0.105. The highest BCUT2D eigenvalue weighted by Gasteiger charge is 2.37. The third kappa shape index (κ3) is 3.25. The molecule has 0 bridgehead atoms. The molecule has 0 spiro atoms. The first-order valence-corrected chi connectivity index (χ1v) is 6.94. The van der Waals surface area contributed by atoms with Gasteiger partial charge >= 0.3 is 5.97 Å². The first-order valence-electron chi connectivity index (χ1n) is 6.94. The number of likely N-dealkylation sites (tertiary alicyclic amines) is 1. The number of carboxylic acid groups (broad SMARTS) is 1. The van der Waals surface area contributed by atoms with Crippen molar-refractivity contribution in [2.75, 3.05) is 26.7 Å². The molecule has 0 aromatic rings. The van der Waals surface area contributed by atoms with E-state index in [9.17, 15) is 9.59 Å². The Labute approximate surface area is 113 Å². The zero-order valence-electron chi connectivity index (χ0n) is 11.6. The van der Waals surface area contributed by atoms with Gasteiger partial charge in [0.25, 0.3) is 0 Å². The molecular formula is C13H23N3O3. The first kappa shape index (κ1) is 14.3. The van der Waals surface area contributed by atoms with Crippen LogP contribution in [0.2, 0.25) is 0 Å². The van der Waals surface area contributed by atoms with Crippen molar-refractivity contribution in [3.63, 3.8) is 0 Å². The van der Waals surface area contributed by atoms with Gasteiger partial charge in [0.2, 0.25) is 5.91 Å². The molecule has 2 heterocycles. The number of piperidine rings is 1. The number of carboxylic acids is 1. The molecule has 6 heteroatoms. The quantitative estimate of drug-likeness (QED) is 0.739. The van der Waals surface area contributed by atoms with Gasteiger partial charge in [-0.05, 0) is 33.4 Å². The Bertz CT molecular complexity index is 361. The highest BCUT2D eigenvalue weighted by Crippen LogP contribution is 2.24. The lowest BCUT2D eigenvalue weighted by Gasteiger charge is -2.45. The fourth-order valence-corrected chi connectivity index (χ4v) is 3.11. The summed E-state index contributed by atoms with van der Waals surface area (Å²) in [7, 11) is 2.11. The predicted octanol–water partition coefficient (Wildman–Crippen LogP) is -0.256. The number of carbonyl (C=O) groups excluding carboxylic acids is 1. The Balaban J connectivity index is 2.07. The van der Waals surface area contributed by atoms with Crippen LogP contribution in [0.4, 0.5) is 0 Å². The van der Waals surface area contributed by atoms with Crippen molar-refractivity contribution in [2.24, 2.45) is 0 Å². The third-order valence-electron chi connectivity index (χ3n) is 4.39. The maximum absolute atomic E-state index is 11.9. The molecule has 2 aliphatic rings. The Morgan fingerprint density at radius 2 is 2.21 bits per heavy atom. The summed E-state index contributed by atoms with van der Waals surface area (Å²) >= 11 is 0. The zero-order chi connectivity index (χ0) is 14.0. The van der Waals surface area contributed by atoms with E-state index in [1.807, 2.05) is 0 Å². The van der Waals surface area contributed by atoms with E-state index in [0.717, 1.165) is 25.9 Å². The number of piperazine rings is 1. The van der Waals surface area contributed by atoms with Gasteiger partial charge in [-0.3, -0.25) is 14.5 Å². The minimum Gasteiger partial charge on any atom is -0.481 e. The van der Waals surface area contributed by atoms with Crippen molar-refractivity contribution in [1.29, 1.82) is 0 Å². The number of carbonyl (C=O) groups is 2. The van der Waals surface area contributed by atoms with E-state index < -0.39 is 12.0 Å². The normalized spacial score (nSPS) is 34.0. The molecule has 2 N–H and O–H groups in total. The summed E-state index contributed by atoms with van der Waals surface area (Å²) in [5, 5.41) is 11.8. The van der Waals surface area contributed by atoms with Crippen LogP contribution in [0, 0.1) is 0 Å². The van der Waals surface area contributed by atoms with Gasteiger partial charge in [0.15, 0.2) is 0 Å². The fourth-order valence-electron chi connectivity index (χ4n) is 3.11. The highest BCUT2D eigenvalue weighted by molar-refractivity contribution is 5.86. The SMILES string of the molecule is CC1CC(N2CCNC(=O)C2CC(=O)O)CCN1C. The minimum atomic E-state index is -0.909. The number of hydrogen-bond acceptors (Lipinski definition) is 4. The zero-order valence-corrected chi connectivity index (χ0v) is 11.6. The van der Waals surface area contributed by atoms with Gasteiger partial charge in [0.05, 0.1) is 12.5 Å². The van der Waals surface area contributed by atoms with E-state index >= 15 is 0 Å². The third-order valence-corrected chi connectivity index (χ3v) is 4.39. The second-order valence-corrected chi connectivity index (χ2v) is 5.65. The Morgan fingerprint density at radius 3 is 2.84 bits per heavy atom. The maximum Gasteiger partial charge on any atom is 0.305 e. The Morgan fingerprint density at radius 1 is 1.47 bits per heavy atom. The van der Waals surface area contributed by atoms with Crippen LogP contribution >= 0.6 is 0 Å². The van der Waals surface area contributed by atoms with E-state index in [0.29, 0.717) is 18.6 Å². The molecule has 2 aliphatic heterocycles. The van der Waals surface area contributed by atoms with E-state index in [1.54, 1.807) is 0 Å². The van der Waals surface area contributed by atoms with Crippen LogP contribution in [-0.2, 0) is 9.59 Å². The van der Waals surface area contributed by atoms with Crippen molar-refractivity contribution >= 4 is 11.9 Å². The molecular weight excluding hydrogens is 246 g/mol. The summed E-state index contributed by atoms with van der Waals surface area (Å²) < 4.78 is 0. The first-order chi connectivity index (χ1) is 8.99. The summed E-state index contributed by atoms with van der Waals surface area (Å²) in [6.07, 6.45) is 1.90. The van der Waals surface area contributed by atoms with Crippen LogP contribution < -0.4 is 5.32 Å². The molecule has 0 aromatic heterocycles. The van der Waals surface area contributed by atoms with Crippen molar-refractivity contribution in [3.8, 4) is 0 Å². The molecule has 0 aromatic carbocycles. The van der Waals surface area contributed by atoms with Gasteiger partial charge in [-0.1, -0.05) is 0 Å². The Hall–Kier alpha value is -1.14. The number of amides is 1. The summed E-state index contributed by atoms with van der Waals surface area (Å²) in [5.41, 5.74) is 0. The summed E-state index contributed by atoms with van der Waals surface area (Å²) in [6, 6.07) is 0.294. The lowest BCUT2D eigenvalue weighted by molar-refractivity contribution is -0.144. The van der Waals surface area contributed by atoms with Gasteiger partial charge in [0, 0.05) is 25.2 Å². The monoisotopic (exact) mass is 269 g/mol. The summed E-state index contributed by atoms with van der Waals surface area (Å²) in [6.45, 7) is 4.56. The van der Waals surface area contributed by atoms with Crippen molar-refractivity contribution < 1.29 is 14.7 Å². The number of rotatable bonds is 3. The molecule has 2 fully saturated rings. The molecule has 2 saturated heterocycles. The van der Waals surface area contributed by atoms with Crippen LogP contribution in [0.1, 0.15) is 26.2 Å². The molecule has 3 unspecified atom stereocenters. The van der Waals surface area contributed by atoms with Gasteiger partial charge in [-0.15, -0.1) is 0 Å². The molecule has 3 atom stereocenters. The molecule has 0 aliphatic carbocycles. The second kappa shape index (κ2) is 5.88. The summed E-state index contributed by atoms with van der Waals surface area (Å²) in [5.74, 6) is -1.05. The van der Waals surface area contributed by atoms with Gasteiger partial charge in [-0.2, -0.15) is 0 Å². The smallest absolute Gasteiger partial charge is 0.305 e. The van der Waals surface area contributed by atoms with E-state index in [-0.39, 0.29) is 12.3 Å². The molecule has 0 saturated carbocycles. The number of hydrogen-bond donors (Lipinski definition) is 2. The van der Waals surface area contributed by atoms with Gasteiger partial charge < -0.3 is 15.3 Å². The lowest BCUT2D eigenvalue weighted by Crippen LogP contribution is -2.61. The van der Waals surface area contributed by atoms with Gasteiger partial charge in [0.1, 0.15) is 0 Å². The predicted molar refractivity (Wildman–Crippen MR) is 70.9 cm³/mol. The number of aliphatic carboxylic acids is 1. The average Bonchev–Trinajstić information content (AvgIpc) is 2.35. The molecule has 6 nitrogen and oxygen atoms in total. The van der Waals surface area contributed by atoms with Crippen LogP contribution in [0.25, 0.3) is 0 Å². The topological polar surface area (TPSA) is 72.9 Å².